The van der Waals surface area contributed by atoms with Crippen LogP contribution in [-0.4, -0.2) is 40.5 Å². The molecule has 2 aromatic heterocycles. The molecule has 0 unspecified atom stereocenters. The molecule has 0 radical (unpaired) electrons. The maximum Gasteiger partial charge on any atom is 0.320 e. The topological polar surface area (TPSA) is 154 Å². The van der Waals surface area contributed by atoms with Crippen LogP contribution in [0.2, 0.25) is 0 Å². The molecular weight excluding hydrogens is 542 g/mol. The van der Waals surface area contributed by atoms with Crippen molar-refractivity contribution in [2.24, 2.45) is 0 Å². The smallest absolute Gasteiger partial charge is 0.320 e. The summed E-state index contributed by atoms with van der Waals surface area (Å²) in [5, 5.41) is 2.90. The Bertz CT molecular complexity index is 1550. The number of nitrogens with zero attached hydrogens (tertiary/aromatic N) is 4. The van der Waals surface area contributed by atoms with Gasteiger partial charge in [-0.25, -0.2) is 18.1 Å². The second-order valence-electron chi connectivity index (χ2n) is 9.89. The Morgan fingerprint density at radius 1 is 0.976 bits per heavy atom. The number of aromatic nitrogens is 4. The summed E-state index contributed by atoms with van der Waals surface area (Å²) in [5.74, 6) is 0.246. The first-order valence-electron chi connectivity index (χ1n) is 13.8. The second-order valence-corrected chi connectivity index (χ2v) is 11.7. The number of benzene rings is 2. The number of amides is 1. The number of unbranched alkanes of at least 4 members (excludes halogenated alkanes) is 2. The number of rotatable bonds is 15. The van der Waals surface area contributed by atoms with Gasteiger partial charge < -0.3 is 20.4 Å². The largest absolute Gasteiger partial charge is 0.463 e. The number of aryl methyl sites for hydroxylation is 2. The quantitative estimate of drug-likeness (QED) is 0.179. The van der Waals surface area contributed by atoms with Crippen LogP contribution >= 0.6 is 0 Å². The van der Waals surface area contributed by atoms with Crippen molar-refractivity contribution in [2.45, 2.75) is 70.5 Å². The predicted octanol–water partition coefficient (Wildman–Crippen LogP) is 3.86. The number of anilines is 1. The van der Waals surface area contributed by atoms with E-state index in [0.717, 1.165) is 42.4 Å². The highest BCUT2D eigenvalue weighted by molar-refractivity contribution is 7.89. The van der Waals surface area contributed by atoms with Gasteiger partial charge in [-0.3, -0.25) is 4.79 Å². The summed E-state index contributed by atoms with van der Waals surface area (Å²) in [6, 6.07) is 14.5. The first kappa shape index (κ1) is 29.9. The van der Waals surface area contributed by atoms with Gasteiger partial charge in [0.25, 0.3) is 0 Å². The van der Waals surface area contributed by atoms with E-state index in [1.807, 2.05) is 42.7 Å². The van der Waals surface area contributed by atoms with Crippen molar-refractivity contribution in [3.63, 3.8) is 0 Å². The number of sulfonamides is 1. The van der Waals surface area contributed by atoms with Gasteiger partial charge in [0.05, 0.1) is 17.8 Å². The third-order valence-electron chi connectivity index (χ3n) is 6.52. The number of imidazole rings is 1. The summed E-state index contributed by atoms with van der Waals surface area (Å²) >= 11 is 0. The Kier molecular flexibility index (Phi) is 10.3. The molecule has 4 aromatic rings. The van der Waals surface area contributed by atoms with Crippen LogP contribution < -0.4 is 20.5 Å². The third-order valence-corrected chi connectivity index (χ3v) is 7.94. The van der Waals surface area contributed by atoms with Crippen LogP contribution in [0.5, 0.6) is 6.01 Å². The Morgan fingerprint density at radius 3 is 2.41 bits per heavy atom. The van der Waals surface area contributed by atoms with Crippen LogP contribution in [0.25, 0.3) is 11.2 Å². The highest BCUT2D eigenvalue weighted by atomic mass is 32.2. The Labute approximate surface area is 240 Å². The molecule has 1 amide bonds. The van der Waals surface area contributed by atoms with Crippen molar-refractivity contribution in [1.82, 2.24) is 29.6 Å². The van der Waals surface area contributed by atoms with Gasteiger partial charge in [0.2, 0.25) is 15.9 Å². The van der Waals surface area contributed by atoms with E-state index in [-0.39, 0.29) is 23.4 Å². The summed E-state index contributed by atoms with van der Waals surface area (Å²) in [5.41, 5.74) is 10.0. The van der Waals surface area contributed by atoms with Crippen molar-refractivity contribution in [3.05, 3.63) is 71.5 Å². The minimum Gasteiger partial charge on any atom is -0.463 e. The lowest BCUT2D eigenvalue weighted by Crippen LogP contribution is -2.24. The van der Waals surface area contributed by atoms with Crippen molar-refractivity contribution in [3.8, 4) is 6.01 Å². The van der Waals surface area contributed by atoms with E-state index < -0.39 is 10.0 Å². The third kappa shape index (κ3) is 8.48. The fourth-order valence-corrected chi connectivity index (χ4v) is 5.17. The summed E-state index contributed by atoms with van der Waals surface area (Å²) in [7, 11) is -3.63. The molecule has 41 heavy (non-hydrogen) atoms. The van der Waals surface area contributed by atoms with E-state index in [9.17, 15) is 13.2 Å². The first-order chi connectivity index (χ1) is 19.7. The van der Waals surface area contributed by atoms with Gasteiger partial charge in [-0.15, -0.1) is 0 Å². The van der Waals surface area contributed by atoms with Crippen LogP contribution in [0.4, 0.5) is 5.82 Å². The average Bonchev–Trinajstić information content (AvgIpc) is 3.38. The zero-order valence-corrected chi connectivity index (χ0v) is 24.3. The SMILES string of the molecule is CCCOc1nc(N)c2ncn(CCCCCC(=O)NCc3ccc(S(=O)(=O)NCc4ccc(C)cc4)cc3)c2n1. The van der Waals surface area contributed by atoms with Crippen molar-refractivity contribution in [1.29, 1.82) is 0 Å². The van der Waals surface area contributed by atoms with E-state index in [2.05, 4.69) is 25.0 Å². The Morgan fingerprint density at radius 2 is 1.68 bits per heavy atom. The first-order valence-corrected chi connectivity index (χ1v) is 15.3. The molecule has 0 atom stereocenters. The number of nitrogen functional groups attached to an aromatic ring is 1. The van der Waals surface area contributed by atoms with Gasteiger partial charge in [-0.2, -0.15) is 9.97 Å². The Balaban J connectivity index is 1.17. The molecule has 218 valence electrons. The van der Waals surface area contributed by atoms with Crippen molar-refractivity contribution in [2.75, 3.05) is 12.3 Å². The highest BCUT2D eigenvalue weighted by Gasteiger charge is 2.14. The molecule has 0 saturated carbocycles. The number of carbonyl (C=O) groups is 1. The summed E-state index contributed by atoms with van der Waals surface area (Å²) in [4.78, 5) is 25.4. The zero-order chi connectivity index (χ0) is 29.2. The van der Waals surface area contributed by atoms with Crippen molar-refractivity contribution < 1.29 is 17.9 Å². The van der Waals surface area contributed by atoms with E-state index in [1.54, 1.807) is 30.6 Å². The molecule has 0 bridgehead atoms. The number of ether oxygens (including phenoxy) is 1. The van der Waals surface area contributed by atoms with Gasteiger partial charge in [0.15, 0.2) is 11.5 Å². The standard InChI is InChI=1S/C29H37N7O4S/c1-3-17-40-29-34-27(30)26-28(35-29)36(20-32-26)16-6-4-5-7-25(37)31-18-22-12-14-24(15-13-22)41(38,39)33-19-23-10-8-21(2)9-11-23/h8-15,20,33H,3-7,16-19H2,1-2H3,(H,31,37)(H2,30,34,35). The summed E-state index contributed by atoms with van der Waals surface area (Å²) in [6.45, 7) is 5.75. The minimum absolute atomic E-state index is 0.0484. The van der Waals surface area contributed by atoms with Crippen molar-refractivity contribution >= 4 is 32.9 Å². The predicted molar refractivity (Wildman–Crippen MR) is 157 cm³/mol. The molecule has 2 aromatic carbocycles. The molecule has 0 fully saturated rings. The van der Waals surface area contributed by atoms with Crippen LogP contribution in [0.1, 0.15) is 55.7 Å². The van der Waals surface area contributed by atoms with E-state index in [4.69, 9.17) is 10.5 Å². The molecule has 0 aliphatic carbocycles. The molecule has 0 spiro atoms. The lowest BCUT2D eigenvalue weighted by molar-refractivity contribution is -0.121. The summed E-state index contributed by atoms with van der Waals surface area (Å²) in [6.07, 6.45) is 5.39. The van der Waals surface area contributed by atoms with Crippen LogP contribution in [-0.2, 0) is 34.5 Å². The Hall–Kier alpha value is -4.03. The maximum atomic E-state index is 12.6. The van der Waals surface area contributed by atoms with Crippen LogP contribution in [0.15, 0.2) is 59.8 Å². The number of carbonyl (C=O) groups excluding carboxylic acids is 1. The lowest BCUT2D eigenvalue weighted by atomic mass is 10.1. The fraction of sp³-hybridized carbons (Fsp3) is 0.379. The molecule has 0 aliphatic rings. The molecule has 11 nitrogen and oxygen atoms in total. The number of hydrogen-bond donors (Lipinski definition) is 3. The van der Waals surface area contributed by atoms with E-state index in [0.29, 0.717) is 43.1 Å². The van der Waals surface area contributed by atoms with Gasteiger partial charge in [-0.1, -0.05) is 55.3 Å². The van der Waals surface area contributed by atoms with Crippen LogP contribution in [0, 0.1) is 6.92 Å². The fourth-order valence-electron chi connectivity index (χ4n) is 4.15. The lowest BCUT2D eigenvalue weighted by Gasteiger charge is -2.09. The molecule has 4 rings (SSSR count). The molecule has 12 heteroatoms. The molecule has 0 saturated heterocycles. The second kappa shape index (κ2) is 14.0. The molecule has 4 N–H and O–H groups in total. The molecule has 0 aliphatic heterocycles. The number of fused-ring (bicyclic) bond motifs is 1. The summed E-state index contributed by atoms with van der Waals surface area (Å²) < 4.78 is 35.3. The molecule has 2 heterocycles. The minimum atomic E-state index is -3.63. The van der Waals surface area contributed by atoms with Gasteiger partial charge >= 0.3 is 6.01 Å². The normalized spacial score (nSPS) is 11.6. The van der Waals surface area contributed by atoms with E-state index in [1.165, 1.54) is 0 Å². The van der Waals surface area contributed by atoms with Gasteiger partial charge in [-0.05, 0) is 49.4 Å². The van der Waals surface area contributed by atoms with Gasteiger partial charge in [0, 0.05) is 26.1 Å². The highest BCUT2D eigenvalue weighted by Crippen LogP contribution is 2.20. The monoisotopic (exact) mass is 579 g/mol. The average molecular weight is 580 g/mol. The number of nitrogens with one attached hydrogen (secondary N) is 2. The van der Waals surface area contributed by atoms with E-state index >= 15 is 0 Å². The van der Waals surface area contributed by atoms with Crippen LogP contribution in [0.3, 0.4) is 0 Å². The number of nitrogens with two attached hydrogens (primary N) is 1. The maximum absolute atomic E-state index is 12.6. The molecular formula is C29H37N7O4S. The zero-order valence-electron chi connectivity index (χ0n) is 23.5. The van der Waals surface area contributed by atoms with Gasteiger partial charge in [0.1, 0.15) is 5.52 Å². The number of hydrogen-bond acceptors (Lipinski definition) is 8.